The van der Waals surface area contributed by atoms with Crippen LogP contribution in [0.5, 0.6) is 0 Å². The van der Waals surface area contributed by atoms with Crippen LogP contribution >= 0.6 is 11.6 Å². The zero-order valence-electron chi connectivity index (χ0n) is 19.3. The predicted molar refractivity (Wildman–Crippen MR) is 133 cm³/mol. The van der Waals surface area contributed by atoms with E-state index in [0.29, 0.717) is 31.2 Å². The molecule has 0 spiro atoms. The van der Waals surface area contributed by atoms with Crippen LogP contribution < -0.4 is 4.90 Å². The summed E-state index contributed by atoms with van der Waals surface area (Å²) in [6, 6.07) is 17.1. The molecule has 180 valence electrons. The molecule has 1 fully saturated rings. The largest absolute Gasteiger partial charge is 0.368 e. The Morgan fingerprint density at radius 2 is 1.68 bits per heavy atom. The fraction of sp³-hybridized carbons (Fsp3) is 0.333. The van der Waals surface area contributed by atoms with E-state index < -0.39 is 10.0 Å². The lowest BCUT2D eigenvalue weighted by Gasteiger charge is -2.35. The van der Waals surface area contributed by atoms with Gasteiger partial charge in [-0.15, -0.1) is 0 Å². The fourth-order valence-electron chi connectivity index (χ4n) is 4.04. The Hall–Kier alpha value is -2.88. The fourth-order valence-corrected chi connectivity index (χ4v) is 5.81. The van der Waals surface area contributed by atoms with Crippen LogP contribution in [-0.4, -0.2) is 66.5 Å². The molecule has 34 heavy (non-hydrogen) atoms. The van der Waals surface area contributed by atoms with Crippen LogP contribution in [0.25, 0.3) is 0 Å². The molecule has 0 N–H and O–H groups in total. The Labute approximate surface area is 205 Å². The van der Waals surface area contributed by atoms with Gasteiger partial charge in [-0.05, 0) is 24.6 Å². The number of hydrogen-bond donors (Lipinski definition) is 0. The third-order valence-corrected chi connectivity index (χ3v) is 8.06. The van der Waals surface area contributed by atoms with Gasteiger partial charge in [0.15, 0.2) is 0 Å². The van der Waals surface area contributed by atoms with Gasteiger partial charge < -0.3 is 9.80 Å². The van der Waals surface area contributed by atoms with E-state index in [1.54, 1.807) is 7.05 Å². The van der Waals surface area contributed by atoms with Gasteiger partial charge in [-0.1, -0.05) is 54.1 Å². The molecule has 0 atom stereocenters. The minimum absolute atomic E-state index is 0.0915. The van der Waals surface area contributed by atoms with Crippen LogP contribution in [0.3, 0.4) is 0 Å². The average Bonchev–Trinajstić information content (AvgIpc) is 3.30. The van der Waals surface area contributed by atoms with Gasteiger partial charge >= 0.3 is 0 Å². The van der Waals surface area contributed by atoms with Crippen molar-refractivity contribution in [3.8, 4) is 0 Å². The molecule has 0 bridgehead atoms. The Kier molecular flexibility index (Phi) is 7.25. The smallest absolute Gasteiger partial charge is 0.263 e. The van der Waals surface area contributed by atoms with Crippen molar-refractivity contribution in [2.45, 2.75) is 25.0 Å². The van der Waals surface area contributed by atoms with Crippen molar-refractivity contribution >= 4 is 33.2 Å². The summed E-state index contributed by atoms with van der Waals surface area (Å²) in [7, 11) is -2.29. The minimum atomic E-state index is -3.95. The summed E-state index contributed by atoms with van der Waals surface area (Å²) >= 11 is 6.31. The number of carbonyl (C=O) groups is 1. The molecule has 0 radical (unpaired) electrons. The molecular formula is C24H28ClN5O3S. The van der Waals surface area contributed by atoms with Crippen LogP contribution in [0, 0.1) is 0 Å². The van der Waals surface area contributed by atoms with Gasteiger partial charge in [0.2, 0.25) is 5.03 Å². The van der Waals surface area contributed by atoms with Crippen molar-refractivity contribution in [1.29, 1.82) is 0 Å². The monoisotopic (exact) mass is 501 g/mol. The van der Waals surface area contributed by atoms with E-state index in [0.717, 1.165) is 11.3 Å². The molecule has 8 nitrogen and oxygen atoms in total. The van der Waals surface area contributed by atoms with Gasteiger partial charge in [-0.25, -0.2) is 8.42 Å². The van der Waals surface area contributed by atoms with Crippen molar-refractivity contribution in [2.24, 2.45) is 0 Å². The molecule has 2 aromatic carbocycles. The van der Waals surface area contributed by atoms with Crippen LogP contribution in [-0.2, 0) is 23.1 Å². The second-order valence-corrected chi connectivity index (χ2v) is 10.5. The Bertz CT molecular complexity index is 1250. The molecule has 1 aliphatic rings. The molecule has 4 rings (SSSR count). The van der Waals surface area contributed by atoms with E-state index >= 15 is 0 Å². The number of para-hydroxylation sites is 1. The van der Waals surface area contributed by atoms with E-state index in [-0.39, 0.29) is 29.6 Å². The number of aryl methyl sites for hydroxylation is 1. The van der Waals surface area contributed by atoms with Gasteiger partial charge in [0.25, 0.3) is 15.9 Å². The molecule has 1 aromatic heterocycles. The third-order valence-electron chi connectivity index (χ3n) is 5.91. The van der Waals surface area contributed by atoms with Crippen molar-refractivity contribution in [1.82, 2.24) is 19.0 Å². The lowest BCUT2D eigenvalue weighted by molar-refractivity contribution is 0.0781. The lowest BCUT2D eigenvalue weighted by atomic mass is 10.2. The molecular weight excluding hydrogens is 474 g/mol. The maximum absolute atomic E-state index is 13.6. The Balaban J connectivity index is 1.55. The van der Waals surface area contributed by atoms with E-state index in [2.05, 4.69) is 10.00 Å². The number of sulfonamides is 1. The number of carbonyl (C=O) groups excluding carboxylic acids is 1. The van der Waals surface area contributed by atoms with Gasteiger partial charge in [0, 0.05) is 52.5 Å². The molecule has 3 aromatic rings. The van der Waals surface area contributed by atoms with E-state index in [9.17, 15) is 13.2 Å². The Morgan fingerprint density at radius 3 is 2.32 bits per heavy atom. The van der Waals surface area contributed by atoms with Gasteiger partial charge in [-0.3, -0.25) is 9.48 Å². The normalized spacial score (nSPS) is 14.9. The lowest BCUT2D eigenvalue weighted by Crippen LogP contribution is -2.49. The molecule has 10 heteroatoms. The molecule has 0 aliphatic carbocycles. The number of piperazine rings is 1. The molecule has 1 saturated heterocycles. The summed E-state index contributed by atoms with van der Waals surface area (Å²) in [6.45, 7) is 4.22. The van der Waals surface area contributed by atoms with Crippen molar-refractivity contribution in [3.05, 3.63) is 76.9 Å². The van der Waals surface area contributed by atoms with Gasteiger partial charge in [0.05, 0.1) is 16.3 Å². The number of rotatable bonds is 7. The summed E-state index contributed by atoms with van der Waals surface area (Å²) in [6.07, 6.45) is 1.52. The summed E-state index contributed by atoms with van der Waals surface area (Å²) in [5, 5.41) is 4.73. The molecule has 0 unspecified atom stereocenters. The highest BCUT2D eigenvalue weighted by atomic mass is 35.5. The number of nitrogens with zero attached hydrogens (tertiary/aromatic N) is 5. The zero-order valence-corrected chi connectivity index (χ0v) is 20.8. The second kappa shape index (κ2) is 10.2. The number of benzene rings is 2. The molecule has 2 heterocycles. The van der Waals surface area contributed by atoms with Crippen molar-refractivity contribution < 1.29 is 13.2 Å². The summed E-state index contributed by atoms with van der Waals surface area (Å²) in [4.78, 5) is 16.9. The number of amides is 1. The van der Waals surface area contributed by atoms with Crippen molar-refractivity contribution in [2.75, 3.05) is 38.1 Å². The predicted octanol–water partition coefficient (Wildman–Crippen LogP) is 3.34. The first-order valence-electron chi connectivity index (χ1n) is 11.2. The topological polar surface area (TPSA) is 78.8 Å². The summed E-state index contributed by atoms with van der Waals surface area (Å²) in [5.41, 5.74) is 1.94. The van der Waals surface area contributed by atoms with Crippen LogP contribution in [0.2, 0.25) is 5.02 Å². The number of anilines is 1. The first-order valence-corrected chi connectivity index (χ1v) is 13.0. The first-order chi connectivity index (χ1) is 16.3. The minimum Gasteiger partial charge on any atom is -0.368 e. The highest BCUT2D eigenvalue weighted by Crippen LogP contribution is 2.28. The number of halogens is 1. The van der Waals surface area contributed by atoms with E-state index in [4.69, 9.17) is 11.6 Å². The Morgan fingerprint density at radius 1 is 1.03 bits per heavy atom. The molecule has 1 amide bonds. The second-order valence-electron chi connectivity index (χ2n) is 8.19. The maximum Gasteiger partial charge on any atom is 0.263 e. The van der Waals surface area contributed by atoms with Crippen LogP contribution in [0.1, 0.15) is 22.8 Å². The quantitative estimate of drug-likeness (QED) is 0.496. The SMILES string of the molecule is CCn1cc(C(=O)N(C)Cc2ccccc2)c(S(=O)(=O)N2CCN(c3ccccc3Cl)CC2)n1. The highest BCUT2D eigenvalue weighted by Gasteiger charge is 2.35. The summed E-state index contributed by atoms with van der Waals surface area (Å²) < 4.78 is 30.0. The molecule has 0 saturated carbocycles. The zero-order chi connectivity index (χ0) is 24.3. The van der Waals surface area contributed by atoms with E-state index in [1.165, 1.54) is 20.1 Å². The van der Waals surface area contributed by atoms with Crippen molar-refractivity contribution in [3.63, 3.8) is 0 Å². The maximum atomic E-state index is 13.6. The van der Waals surface area contributed by atoms with Crippen LogP contribution in [0.15, 0.2) is 65.8 Å². The first kappa shape index (κ1) is 24.3. The summed E-state index contributed by atoms with van der Waals surface area (Å²) in [5.74, 6) is -0.378. The molecule has 1 aliphatic heterocycles. The standard InChI is InChI=1S/C24H28ClN5O3S/c1-3-29-18-20(24(31)27(2)17-19-9-5-4-6-10-19)23(26-29)34(32,33)30-15-13-28(14-16-30)22-12-8-7-11-21(22)25/h4-12,18H,3,13-17H2,1-2H3. The van der Waals surface area contributed by atoms with Gasteiger partial charge in [-0.2, -0.15) is 9.40 Å². The van der Waals surface area contributed by atoms with Crippen LogP contribution in [0.4, 0.5) is 5.69 Å². The number of hydrogen-bond acceptors (Lipinski definition) is 5. The average molecular weight is 502 g/mol. The highest BCUT2D eigenvalue weighted by molar-refractivity contribution is 7.89. The van der Waals surface area contributed by atoms with Gasteiger partial charge in [0.1, 0.15) is 0 Å². The third kappa shape index (κ3) is 4.96. The number of aromatic nitrogens is 2. The van der Waals surface area contributed by atoms with E-state index in [1.807, 2.05) is 61.5 Å².